The van der Waals surface area contributed by atoms with E-state index in [2.05, 4.69) is 0 Å². The Labute approximate surface area is 241 Å². The Kier molecular flexibility index (Phi) is 7.04. The van der Waals surface area contributed by atoms with Gasteiger partial charge < -0.3 is 19.1 Å². The molecule has 218 valence electrons. The van der Waals surface area contributed by atoms with Gasteiger partial charge in [0.15, 0.2) is 17.3 Å². The third-order valence-electron chi connectivity index (χ3n) is 8.64. The number of ether oxygens (including phenoxy) is 1. The molecule has 3 fully saturated rings. The number of nitro benzene ring substituents is 1. The summed E-state index contributed by atoms with van der Waals surface area (Å²) < 4.78 is 23.6. The molecular weight excluding hydrogens is 543 g/mol. The summed E-state index contributed by atoms with van der Waals surface area (Å²) in [4.78, 5) is 53.4. The number of hydrogen-bond donors (Lipinski definition) is 0. The summed E-state index contributed by atoms with van der Waals surface area (Å²) in [6.45, 7) is 3.31. The summed E-state index contributed by atoms with van der Waals surface area (Å²) in [5, 5.41) is 11.0. The van der Waals surface area contributed by atoms with Gasteiger partial charge in [0.1, 0.15) is 5.69 Å². The molecule has 1 aromatic heterocycles. The molecule has 11 heteroatoms. The van der Waals surface area contributed by atoms with Crippen molar-refractivity contribution in [2.75, 3.05) is 31.6 Å². The highest BCUT2D eigenvalue weighted by Crippen LogP contribution is 2.45. The molecule has 2 aliphatic heterocycles. The number of rotatable bonds is 7. The number of likely N-dealkylation sites (tertiary alicyclic amines) is 1. The van der Waals surface area contributed by atoms with Gasteiger partial charge in [0.25, 0.3) is 5.69 Å². The smallest absolute Gasteiger partial charge is 0.269 e. The number of amides is 1. The molecular formula is C31H31FN4O6. The van der Waals surface area contributed by atoms with Gasteiger partial charge in [0, 0.05) is 50.9 Å². The molecule has 1 amide bonds. The van der Waals surface area contributed by atoms with Crippen LogP contribution in [0.3, 0.4) is 0 Å². The average molecular weight is 575 g/mol. The minimum absolute atomic E-state index is 0.00999. The molecule has 2 aromatic carbocycles. The van der Waals surface area contributed by atoms with Crippen LogP contribution in [0.1, 0.15) is 54.6 Å². The number of fused-ring (bicyclic) bond motifs is 2. The normalized spacial score (nSPS) is 20.3. The Morgan fingerprint density at radius 1 is 1.14 bits per heavy atom. The third-order valence-corrected chi connectivity index (χ3v) is 8.64. The molecule has 3 aliphatic rings. The Morgan fingerprint density at radius 3 is 2.52 bits per heavy atom. The number of nitrogens with zero attached hydrogens (tertiary/aromatic N) is 4. The summed E-state index contributed by atoms with van der Waals surface area (Å²) in [6.07, 6.45) is 7.82. The topological polar surface area (TPSA) is 115 Å². The van der Waals surface area contributed by atoms with Crippen molar-refractivity contribution >= 4 is 40.0 Å². The first-order valence-electron chi connectivity index (χ1n) is 14.1. The molecule has 2 unspecified atom stereocenters. The van der Waals surface area contributed by atoms with Crippen molar-refractivity contribution in [2.24, 2.45) is 5.92 Å². The number of non-ortho nitro benzene ring substituents is 1. The lowest BCUT2D eigenvalue weighted by Crippen LogP contribution is -2.47. The first-order chi connectivity index (χ1) is 20.2. The third kappa shape index (κ3) is 4.82. The molecule has 6 rings (SSSR count). The van der Waals surface area contributed by atoms with E-state index in [-0.39, 0.29) is 52.0 Å². The molecule has 0 spiro atoms. The maximum absolute atomic E-state index is 16.0. The van der Waals surface area contributed by atoms with Crippen LogP contribution in [0.4, 0.5) is 15.8 Å². The highest BCUT2D eigenvalue weighted by atomic mass is 19.1. The molecule has 2 saturated heterocycles. The molecule has 3 heterocycles. The van der Waals surface area contributed by atoms with Crippen LogP contribution in [0.15, 0.2) is 47.4 Å². The molecule has 0 N–H and O–H groups in total. The van der Waals surface area contributed by atoms with Crippen molar-refractivity contribution in [1.29, 1.82) is 0 Å². The summed E-state index contributed by atoms with van der Waals surface area (Å²) in [5.41, 5.74) is 0.529. The van der Waals surface area contributed by atoms with Crippen molar-refractivity contribution < 1.29 is 23.6 Å². The highest BCUT2D eigenvalue weighted by Gasteiger charge is 2.42. The quantitative estimate of drug-likeness (QED) is 0.173. The van der Waals surface area contributed by atoms with E-state index in [1.54, 1.807) is 6.92 Å². The van der Waals surface area contributed by atoms with Crippen LogP contribution in [0, 0.1) is 21.8 Å². The monoisotopic (exact) mass is 574 g/mol. The number of allylic oxidation sites excluding steroid dienone is 1. The number of halogens is 1. The molecule has 42 heavy (non-hydrogen) atoms. The summed E-state index contributed by atoms with van der Waals surface area (Å²) in [7, 11) is 1.45. The number of hydrogen-bond acceptors (Lipinski definition) is 7. The van der Waals surface area contributed by atoms with E-state index in [1.807, 2.05) is 14.4 Å². The van der Waals surface area contributed by atoms with Crippen molar-refractivity contribution in [3.63, 3.8) is 0 Å². The lowest BCUT2D eigenvalue weighted by molar-refractivity contribution is -0.384. The molecule has 1 saturated carbocycles. The number of pyridine rings is 1. The number of nitro groups is 1. The minimum atomic E-state index is -0.613. The first kappa shape index (κ1) is 27.6. The second kappa shape index (κ2) is 10.7. The lowest BCUT2D eigenvalue weighted by atomic mass is 9.92. The van der Waals surface area contributed by atoms with Crippen LogP contribution in [0.5, 0.6) is 5.75 Å². The number of carbonyl (C=O) groups is 2. The van der Waals surface area contributed by atoms with Gasteiger partial charge in [-0.3, -0.25) is 24.5 Å². The fourth-order valence-electron chi connectivity index (χ4n) is 6.47. The fraction of sp³-hybridized carbons (Fsp3) is 0.387. The van der Waals surface area contributed by atoms with E-state index in [9.17, 15) is 24.5 Å². The van der Waals surface area contributed by atoms with Crippen molar-refractivity contribution in [3.05, 3.63) is 79.9 Å². The van der Waals surface area contributed by atoms with Crippen LogP contribution < -0.4 is 15.1 Å². The van der Waals surface area contributed by atoms with Crippen LogP contribution >= 0.6 is 0 Å². The van der Waals surface area contributed by atoms with Gasteiger partial charge >= 0.3 is 0 Å². The van der Waals surface area contributed by atoms with Crippen molar-refractivity contribution in [1.82, 2.24) is 9.47 Å². The number of piperidine rings is 1. The Balaban J connectivity index is 1.40. The molecule has 1 aliphatic carbocycles. The lowest BCUT2D eigenvalue weighted by Gasteiger charge is -2.36. The zero-order chi connectivity index (χ0) is 29.7. The first-order valence-corrected chi connectivity index (χ1v) is 14.1. The number of benzene rings is 2. The van der Waals surface area contributed by atoms with Gasteiger partial charge in [-0.1, -0.05) is 6.08 Å². The number of ketones is 1. The van der Waals surface area contributed by atoms with Crippen molar-refractivity contribution in [2.45, 2.75) is 44.7 Å². The van der Waals surface area contributed by atoms with Crippen LogP contribution in [0.25, 0.3) is 17.0 Å². The van der Waals surface area contributed by atoms with Gasteiger partial charge in [0.2, 0.25) is 11.3 Å². The van der Waals surface area contributed by atoms with Gasteiger partial charge in [-0.25, -0.2) is 4.39 Å². The number of carbonyl (C=O) groups excluding carboxylic acids is 2. The maximum atomic E-state index is 16.0. The van der Waals surface area contributed by atoms with Gasteiger partial charge in [-0.2, -0.15) is 0 Å². The van der Waals surface area contributed by atoms with E-state index in [4.69, 9.17) is 4.74 Å². The van der Waals surface area contributed by atoms with Gasteiger partial charge in [-0.15, -0.1) is 0 Å². The second-order valence-corrected chi connectivity index (χ2v) is 11.3. The SMILES string of the molecule is COc1c(N2CC3CCCN(C(C)=O)C3C2)c(F)cc2c(=O)c(C(=O)/C=C/c3ccc([N+](=O)[O-])cc3)cn(C3CC3)c12. The summed E-state index contributed by atoms with van der Waals surface area (Å²) >= 11 is 0. The molecule has 10 nitrogen and oxygen atoms in total. The van der Waals surface area contributed by atoms with E-state index in [0.29, 0.717) is 30.7 Å². The van der Waals surface area contributed by atoms with Crippen LogP contribution in [-0.2, 0) is 4.79 Å². The Bertz CT molecular complexity index is 1690. The highest BCUT2D eigenvalue weighted by molar-refractivity contribution is 6.08. The molecule has 0 bridgehead atoms. The molecule has 2 atom stereocenters. The van der Waals surface area contributed by atoms with Crippen LogP contribution in [-0.4, -0.2) is 58.9 Å². The van der Waals surface area contributed by atoms with Gasteiger partial charge in [0.05, 0.1) is 34.5 Å². The zero-order valence-corrected chi connectivity index (χ0v) is 23.4. The van der Waals surface area contributed by atoms with Crippen molar-refractivity contribution in [3.8, 4) is 5.75 Å². The Hall–Kier alpha value is -4.54. The van der Waals surface area contributed by atoms with E-state index >= 15 is 4.39 Å². The number of aromatic nitrogens is 1. The molecule has 0 radical (unpaired) electrons. The summed E-state index contributed by atoms with van der Waals surface area (Å²) in [5.74, 6) is -0.679. The largest absolute Gasteiger partial charge is 0.492 e. The number of methoxy groups -OCH3 is 1. The predicted octanol–water partition coefficient (Wildman–Crippen LogP) is 4.74. The van der Waals surface area contributed by atoms with Crippen LogP contribution in [0.2, 0.25) is 0 Å². The fourth-order valence-corrected chi connectivity index (χ4v) is 6.47. The van der Waals surface area contributed by atoms with E-state index < -0.39 is 22.0 Å². The van der Waals surface area contributed by atoms with E-state index in [1.165, 1.54) is 55.8 Å². The molecule has 3 aromatic rings. The zero-order valence-electron chi connectivity index (χ0n) is 23.4. The summed E-state index contributed by atoms with van der Waals surface area (Å²) in [6, 6.07) is 6.92. The standard InChI is InChI=1S/C31H31FN4O6/c1-18(37)34-13-3-4-20-15-33(17-26(20)34)29-25(32)14-23-28(31(29)42-2)35(21-10-11-21)16-24(30(23)39)27(38)12-7-19-5-8-22(9-6-19)36(40)41/h5-9,12,14,16,20-21,26H,3-4,10-11,13,15,17H2,1-2H3/b12-7+. The second-order valence-electron chi connectivity index (χ2n) is 11.3. The maximum Gasteiger partial charge on any atom is 0.269 e. The minimum Gasteiger partial charge on any atom is -0.492 e. The Morgan fingerprint density at radius 2 is 1.88 bits per heavy atom. The number of anilines is 1. The van der Waals surface area contributed by atoms with E-state index in [0.717, 1.165) is 25.7 Å². The predicted molar refractivity (Wildman–Crippen MR) is 156 cm³/mol. The van der Waals surface area contributed by atoms with Gasteiger partial charge in [-0.05, 0) is 61.4 Å². The average Bonchev–Trinajstić information content (AvgIpc) is 3.73.